The van der Waals surface area contributed by atoms with Crippen LogP contribution >= 0.6 is 11.8 Å². The van der Waals surface area contributed by atoms with Gasteiger partial charge in [0.25, 0.3) is 0 Å². The van der Waals surface area contributed by atoms with Gasteiger partial charge in [0.2, 0.25) is 0 Å². The summed E-state index contributed by atoms with van der Waals surface area (Å²) in [5.74, 6) is 1.78. The van der Waals surface area contributed by atoms with Crippen molar-refractivity contribution in [3.63, 3.8) is 0 Å². The third-order valence-electron chi connectivity index (χ3n) is 1.09. The summed E-state index contributed by atoms with van der Waals surface area (Å²) < 4.78 is 5.13. The molecule has 0 radical (unpaired) electrons. The Hall–Kier alpha value is -0.710. The van der Waals surface area contributed by atoms with Crippen molar-refractivity contribution in [2.75, 3.05) is 24.7 Å². The van der Waals surface area contributed by atoms with E-state index in [-0.39, 0.29) is 0 Å². The molecule has 0 amide bonds. The highest BCUT2D eigenvalue weighted by molar-refractivity contribution is 7.99. The van der Waals surface area contributed by atoms with Crippen LogP contribution in [-0.4, -0.2) is 24.7 Å². The number of thioether (sulfide) groups is 1. The standard InChI is InChI=1S/C8H12N2OS/c9-3-1-5-11-6-8-12-7-2-4-10/h1-2,5-8H2. The molecule has 0 saturated carbocycles. The van der Waals surface area contributed by atoms with Crippen LogP contribution in [0.4, 0.5) is 0 Å². The molecule has 4 heteroatoms. The SMILES string of the molecule is N#CCCOCCSCCC#N. The molecule has 0 heterocycles. The van der Waals surface area contributed by atoms with E-state index in [1.165, 1.54) is 0 Å². The zero-order valence-electron chi connectivity index (χ0n) is 6.95. The molecule has 3 nitrogen and oxygen atoms in total. The van der Waals surface area contributed by atoms with Crippen LogP contribution < -0.4 is 0 Å². The maximum absolute atomic E-state index is 8.21. The second-order valence-electron chi connectivity index (χ2n) is 2.04. The summed E-state index contributed by atoms with van der Waals surface area (Å²) in [4.78, 5) is 0. The Morgan fingerprint density at radius 1 is 1.00 bits per heavy atom. The van der Waals surface area contributed by atoms with Gasteiger partial charge in [-0.3, -0.25) is 0 Å². The van der Waals surface area contributed by atoms with Gasteiger partial charge in [-0.05, 0) is 0 Å². The average molecular weight is 184 g/mol. The fourth-order valence-corrected chi connectivity index (χ4v) is 1.23. The molecule has 0 aromatic heterocycles. The summed E-state index contributed by atoms with van der Waals surface area (Å²) in [6, 6.07) is 4.08. The van der Waals surface area contributed by atoms with Crippen molar-refractivity contribution in [3.05, 3.63) is 0 Å². The van der Waals surface area contributed by atoms with Crippen molar-refractivity contribution < 1.29 is 4.74 Å². The first-order valence-electron chi connectivity index (χ1n) is 3.81. The maximum atomic E-state index is 8.21. The molecular formula is C8H12N2OS. The maximum Gasteiger partial charge on any atom is 0.0645 e. The fraction of sp³-hybridized carbons (Fsp3) is 0.750. The number of hydrogen-bond acceptors (Lipinski definition) is 4. The Labute approximate surface area is 77.3 Å². The number of hydrogen-bond donors (Lipinski definition) is 0. The fourth-order valence-electron chi connectivity index (χ4n) is 0.558. The average Bonchev–Trinajstić information content (AvgIpc) is 2.10. The predicted octanol–water partition coefficient (Wildman–Crippen LogP) is 1.56. The molecule has 0 aromatic carbocycles. The summed E-state index contributed by atoms with van der Waals surface area (Å²) in [7, 11) is 0. The van der Waals surface area contributed by atoms with Gasteiger partial charge in [0.15, 0.2) is 0 Å². The van der Waals surface area contributed by atoms with E-state index in [1.807, 2.05) is 6.07 Å². The number of nitriles is 2. The Morgan fingerprint density at radius 2 is 1.75 bits per heavy atom. The van der Waals surface area contributed by atoms with Gasteiger partial charge in [-0.25, -0.2) is 0 Å². The van der Waals surface area contributed by atoms with Crippen molar-refractivity contribution in [1.29, 1.82) is 10.5 Å². The van der Waals surface area contributed by atoms with E-state index in [2.05, 4.69) is 6.07 Å². The molecule has 0 saturated heterocycles. The molecular weight excluding hydrogens is 172 g/mol. The highest BCUT2D eigenvalue weighted by atomic mass is 32.2. The smallest absolute Gasteiger partial charge is 0.0645 e. The number of rotatable bonds is 7. The zero-order valence-corrected chi connectivity index (χ0v) is 7.77. The molecule has 0 aromatic rings. The first-order chi connectivity index (χ1) is 5.91. The lowest BCUT2D eigenvalue weighted by molar-refractivity contribution is 0.156. The van der Waals surface area contributed by atoms with E-state index in [4.69, 9.17) is 15.3 Å². The Morgan fingerprint density at radius 3 is 2.42 bits per heavy atom. The summed E-state index contributed by atoms with van der Waals surface area (Å²) >= 11 is 1.71. The number of nitrogens with zero attached hydrogens (tertiary/aromatic N) is 2. The van der Waals surface area contributed by atoms with Crippen molar-refractivity contribution in [2.45, 2.75) is 12.8 Å². The molecule has 0 spiro atoms. The third kappa shape index (κ3) is 9.29. The molecule has 66 valence electrons. The molecule has 0 rings (SSSR count). The highest BCUT2D eigenvalue weighted by Crippen LogP contribution is 2.00. The van der Waals surface area contributed by atoms with E-state index < -0.39 is 0 Å². The largest absolute Gasteiger partial charge is 0.380 e. The van der Waals surface area contributed by atoms with Crippen LogP contribution in [0.2, 0.25) is 0 Å². The molecule has 0 unspecified atom stereocenters. The lowest BCUT2D eigenvalue weighted by Gasteiger charge is -1.99. The number of ether oxygens (including phenoxy) is 1. The van der Waals surface area contributed by atoms with Crippen molar-refractivity contribution >= 4 is 11.8 Å². The third-order valence-corrected chi connectivity index (χ3v) is 2.04. The predicted molar refractivity (Wildman–Crippen MR) is 48.6 cm³/mol. The Balaban J connectivity index is 2.84. The van der Waals surface area contributed by atoms with Crippen molar-refractivity contribution in [2.24, 2.45) is 0 Å². The van der Waals surface area contributed by atoms with E-state index in [9.17, 15) is 0 Å². The second-order valence-corrected chi connectivity index (χ2v) is 3.27. The lowest BCUT2D eigenvalue weighted by Crippen LogP contribution is -1.98. The van der Waals surface area contributed by atoms with Crippen LogP contribution in [0.25, 0.3) is 0 Å². The van der Waals surface area contributed by atoms with Gasteiger partial charge in [-0.1, -0.05) is 0 Å². The van der Waals surface area contributed by atoms with Gasteiger partial charge in [0.1, 0.15) is 0 Å². The zero-order chi connectivity index (χ0) is 9.07. The lowest BCUT2D eigenvalue weighted by atomic mass is 10.5. The second kappa shape index (κ2) is 10.3. The minimum Gasteiger partial charge on any atom is -0.380 e. The Kier molecular flexibility index (Phi) is 9.68. The van der Waals surface area contributed by atoms with E-state index in [0.29, 0.717) is 26.1 Å². The molecule has 0 aliphatic heterocycles. The molecule has 0 bridgehead atoms. The van der Waals surface area contributed by atoms with Crippen LogP contribution in [0.1, 0.15) is 12.8 Å². The van der Waals surface area contributed by atoms with Crippen LogP contribution in [-0.2, 0) is 4.74 Å². The van der Waals surface area contributed by atoms with Crippen LogP contribution in [0, 0.1) is 22.7 Å². The summed E-state index contributed by atoms with van der Waals surface area (Å²) in [6.45, 7) is 1.20. The minimum absolute atomic E-state index is 0.461. The molecule has 0 aliphatic carbocycles. The van der Waals surface area contributed by atoms with Gasteiger partial charge >= 0.3 is 0 Å². The quantitative estimate of drug-likeness (QED) is 0.563. The van der Waals surface area contributed by atoms with E-state index >= 15 is 0 Å². The highest BCUT2D eigenvalue weighted by Gasteiger charge is 1.89. The van der Waals surface area contributed by atoms with Gasteiger partial charge in [0.05, 0.1) is 31.8 Å². The first kappa shape index (κ1) is 11.3. The monoisotopic (exact) mass is 184 g/mol. The van der Waals surface area contributed by atoms with Gasteiger partial charge in [-0.15, -0.1) is 0 Å². The van der Waals surface area contributed by atoms with Crippen LogP contribution in [0.5, 0.6) is 0 Å². The molecule has 0 atom stereocenters. The molecule has 0 fully saturated rings. The van der Waals surface area contributed by atoms with Gasteiger partial charge < -0.3 is 4.74 Å². The van der Waals surface area contributed by atoms with Crippen molar-refractivity contribution in [3.8, 4) is 12.1 Å². The Bertz CT molecular complexity index is 151. The van der Waals surface area contributed by atoms with Crippen LogP contribution in [0.3, 0.4) is 0 Å². The van der Waals surface area contributed by atoms with Gasteiger partial charge in [0, 0.05) is 17.9 Å². The molecule has 12 heavy (non-hydrogen) atoms. The topological polar surface area (TPSA) is 56.8 Å². The summed E-state index contributed by atoms with van der Waals surface area (Å²) in [6.07, 6.45) is 1.06. The first-order valence-corrected chi connectivity index (χ1v) is 4.96. The normalized spacial score (nSPS) is 8.83. The summed E-state index contributed by atoms with van der Waals surface area (Å²) in [5, 5.41) is 16.4. The van der Waals surface area contributed by atoms with E-state index in [0.717, 1.165) is 11.5 Å². The van der Waals surface area contributed by atoms with Crippen LogP contribution in [0.15, 0.2) is 0 Å². The minimum atomic E-state index is 0.461. The molecule has 0 aliphatic rings. The molecule has 0 N–H and O–H groups in total. The van der Waals surface area contributed by atoms with Crippen molar-refractivity contribution in [1.82, 2.24) is 0 Å². The summed E-state index contributed by atoms with van der Waals surface area (Å²) in [5.41, 5.74) is 0. The van der Waals surface area contributed by atoms with E-state index in [1.54, 1.807) is 11.8 Å². The van der Waals surface area contributed by atoms with Gasteiger partial charge in [-0.2, -0.15) is 22.3 Å².